The van der Waals surface area contributed by atoms with Crippen molar-refractivity contribution in [1.29, 1.82) is 0 Å². The summed E-state index contributed by atoms with van der Waals surface area (Å²) in [6, 6.07) is 0. The van der Waals surface area contributed by atoms with Gasteiger partial charge in [-0.3, -0.25) is 4.79 Å². The van der Waals surface area contributed by atoms with E-state index in [1.807, 2.05) is 6.08 Å². The van der Waals surface area contributed by atoms with E-state index in [4.69, 9.17) is 0 Å². The highest BCUT2D eigenvalue weighted by atomic mass is 16.1. The lowest BCUT2D eigenvalue weighted by molar-refractivity contribution is -0.118. The number of hydrogen-bond acceptors (Lipinski definition) is 1. The van der Waals surface area contributed by atoms with E-state index in [0.717, 1.165) is 36.0 Å². The Morgan fingerprint density at radius 2 is 2.00 bits per heavy atom. The van der Waals surface area contributed by atoms with Crippen LogP contribution in [-0.4, -0.2) is 5.78 Å². The number of fused-ring (bicyclic) bond motifs is 5. The molecule has 0 N–H and O–H groups in total. The Kier molecular flexibility index (Phi) is 3.32. The lowest BCUT2D eigenvalue weighted by Crippen LogP contribution is -2.47. The van der Waals surface area contributed by atoms with Crippen molar-refractivity contribution in [2.75, 3.05) is 0 Å². The second kappa shape index (κ2) is 4.96. The van der Waals surface area contributed by atoms with Crippen LogP contribution < -0.4 is 0 Å². The maximum Gasteiger partial charge on any atom is 0.155 e. The number of allylic oxidation sites excluding steroid dienone is 2. The average molecular weight is 286 g/mol. The number of hydrogen-bond donors (Lipinski definition) is 0. The molecule has 4 aliphatic carbocycles. The Bertz CT molecular complexity index is 464. The zero-order chi connectivity index (χ0) is 14.6. The molecule has 0 heterocycles. The molecule has 0 bridgehead atoms. The molecule has 4 rings (SSSR count). The lowest BCUT2D eigenvalue weighted by atomic mass is 9.50. The molecule has 0 radical (unpaired) electrons. The van der Waals surface area contributed by atoms with Crippen molar-refractivity contribution < 1.29 is 4.79 Å². The van der Waals surface area contributed by atoms with Gasteiger partial charge >= 0.3 is 0 Å². The Morgan fingerprint density at radius 1 is 1.14 bits per heavy atom. The first-order chi connectivity index (χ1) is 10.1. The van der Waals surface area contributed by atoms with Crippen LogP contribution >= 0.6 is 0 Å². The SMILES string of the molecule is CC[C@H]1CC[C@H]2[C@@H]3CCC4CC(=O)C=C[C@@H]4[C@H]3CC[C@]12C. The number of carbonyl (C=O) groups is 1. The van der Waals surface area contributed by atoms with Crippen molar-refractivity contribution in [3.63, 3.8) is 0 Å². The summed E-state index contributed by atoms with van der Waals surface area (Å²) in [6.45, 7) is 5.01. The topological polar surface area (TPSA) is 17.1 Å². The molecule has 0 saturated heterocycles. The monoisotopic (exact) mass is 286 g/mol. The van der Waals surface area contributed by atoms with Crippen LogP contribution in [0, 0.1) is 40.9 Å². The summed E-state index contributed by atoms with van der Waals surface area (Å²) in [7, 11) is 0. The van der Waals surface area contributed by atoms with E-state index in [-0.39, 0.29) is 0 Å². The van der Waals surface area contributed by atoms with Crippen LogP contribution in [0.15, 0.2) is 12.2 Å². The van der Waals surface area contributed by atoms with Crippen molar-refractivity contribution in [2.45, 2.75) is 65.2 Å². The highest BCUT2D eigenvalue weighted by molar-refractivity contribution is 5.90. The molecular weight excluding hydrogens is 256 g/mol. The molecule has 0 amide bonds. The molecule has 21 heavy (non-hydrogen) atoms. The van der Waals surface area contributed by atoms with Gasteiger partial charge in [0.1, 0.15) is 0 Å². The van der Waals surface area contributed by atoms with E-state index < -0.39 is 0 Å². The molecule has 7 atom stereocenters. The summed E-state index contributed by atoms with van der Waals surface area (Å²) in [5.74, 6) is 5.59. The smallest absolute Gasteiger partial charge is 0.155 e. The molecule has 0 aliphatic heterocycles. The van der Waals surface area contributed by atoms with E-state index in [1.54, 1.807) is 0 Å². The van der Waals surface area contributed by atoms with E-state index in [2.05, 4.69) is 19.9 Å². The van der Waals surface area contributed by atoms with E-state index in [0.29, 0.717) is 17.1 Å². The first-order valence-corrected chi connectivity index (χ1v) is 9.34. The molecule has 1 unspecified atom stereocenters. The van der Waals surface area contributed by atoms with Crippen molar-refractivity contribution >= 4 is 5.78 Å². The number of ketones is 1. The van der Waals surface area contributed by atoms with Crippen LogP contribution in [0.2, 0.25) is 0 Å². The predicted octanol–water partition coefficient (Wildman–Crippen LogP) is 5.01. The normalized spacial score (nSPS) is 52.2. The minimum atomic E-state index is 0.377. The molecule has 3 saturated carbocycles. The number of rotatable bonds is 1. The molecule has 3 fully saturated rings. The fourth-order valence-electron chi connectivity index (χ4n) is 7.02. The molecule has 1 nitrogen and oxygen atoms in total. The molecule has 4 aliphatic rings. The first kappa shape index (κ1) is 14.0. The maximum atomic E-state index is 11.7. The molecule has 0 aromatic carbocycles. The second-order valence-corrected chi connectivity index (χ2v) is 8.61. The van der Waals surface area contributed by atoms with Crippen molar-refractivity contribution in [3.05, 3.63) is 12.2 Å². The predicted molar refractivity (Wildman–Crippen MR) is 85.8 cm³/mol. The van der Waals surface area contributed by atoms with Crippen molar-refractivity contribution in [1.82, 2.24) is 0 Å². The zero-order valence-electron chi connectivity index (χ0n) is 13.7. The Hall–Kier alpha value is -0.590. The number of carbonyl (C=O) groups excluding carboxylic acids is 1. The Labute approximate surface area is 129 Å². The van der Waals surface area contributed by atoms with Crippen LogP contribution in [-0.2, 0) is 4.79 Å². The first-order valence-electron chi connectivity index (χ1n) is 9.34. The molecule has 116 valence electrons. The van der Waals surface area contributed by atoms with Gasteiger partial charge in [0, 0.05) is 6.42 Å². The standard InChI is InChI=1S/C20H30O/c1-3-14-5-9-19-18-7-4-13-12-15(21)6-8-16(13)17(18)10-11-20(14,19)2/h6,8,13-14,16-19H,3-5,7,9-12H2,1-2H3/t13?,14-,16-,17+,18+,19-,20+/m0/s1. The summed E-state index contributed by atoms with van der Waals surface area (Å²) < 4.78 is 0. The highest BCUT2D eigenvalue weighted by Gasteiger charge is 2.55. The lowest BCUT2D eigenvalue weighted by Gasteiger charge is -2.54. The minimum absolute atomic E-state index is 0.377. The fourth-order valence-corrected chi connectivity index (χ4v) is 7.02. The van der Waals surface area contributed by atoms with E-state index in [1.165, 1.54) is 44.9 Å². The fraction of sp³-hybridized carbons (Fsp3) is 0.850. The van der Waals surface area contributed by atoms with Gasteiger partial charge in [-0.25, -0.2) is 0 Å². The Balaban J connectivity index is 1.60. The highest BCUT2D eigenvalue weighted by Crippen LogP contribution is 2.64. The largest absolute Gasteiger partial charge is 0.295 e. The van der Waals surface area contributed by atoms with Gasteiger partial charge in [-0.1, -0.05) is 26.3 Å². The van der Waals surface area contributed by atoms with E-state index >= 15 is 0 Å². The van der Waals surface area contributed by atoms with Crippen LogP contribution in [0.1, 0.15) is 65.2 Å². The van der Waals surface area contributed by atoms with Gasteiger partial charge in [-0.2, -0.15) is 0 Å². The maximum absolute atomic E-state index is 11.7. The third-order valence-corrected chi connectivity index (χ3v) is 8.06. The van der Waals surface area contributed by atoms with Crippen LogP contribution in [0.25, 0.3) is 0 Å². The molecular formula is C20H30O. The van der Waals surface area contributed by atoms with Crippen molar-refractivity contribution in [3.8, 4) is 0 Å². The van der Waals surface area contributed by atoms with E-state index in [9.17, 15) is 4.79 Å². The van der Waals surface area contributed by atoms with Crippen LogP contribution in [0.4, 0.5) is 0 Å². The summed E-state index contributed by atoms with van der Waals surface area (Å²) in [5.41, 5.74) is 0.636. The van der Waals surface area contributed by atoms with Crippen molar-refractivity contribution in [2.24, 2.45) is 40.9 Å². The van der Waals surface area contributed by atoms with Gasteiger partial charge in [0.15, 0.2) is 5.78 Å². The van der Waals surface area contributed by atoms with Gasteiger partial charge in [0.05, 0.1) is 0 Å². The third kappa shape index (κ3) is 1.99. The summed E-state index contributed by atoms with van der Waals surface area (Å²) in [6.07, 6.45) is 15.0. The minimum Gasteiger partial charge on any atom is -0.295 e. The van der Waals surface area contributed by atoms with Gasteiger partial charge in [-0.15, -0.1) is 0 Å². The Morgan fingerprint density at radius 3 is 2.81 bits per heavy atom. The summed E-state index contributed by atoms with van der Waals surface area (Å²) >= 11 is 0. The molecule has 1 heteroatoms. The summed E-state index contributed by atoms with van der Waals surface area (Å²) in [5, 5.41) is 0. The van der Waals surface area contributed by atoms with Crippen LogP contribution in [0.5, 0.6) is 0 Å². The molecule has 0 aromatic heterocycles. The van der Waals surface area contributed by atoms with Gasteiger partial charge in [0.2, 0.25) is 0 Å². The molecule has 0 spiro atoms. The average Bonchev–Trinajstić information content (AvgIpc) is 2.83. The second-order valence-electron chi connectivity index (χ2n) is 8.61. The zero-order valence-corrected chi connectivity index (χ0v) is 13.7. The quantitative estimate of drug-likeness (QED) is 0.662. The van der Waals surface area contributed by atoms with Crippen LogP contribution in [0.3, 0.4) is 0 Å². The molecule has 0 aromatic rings. The van der Waals surface area contributed by atoms with Gasteiger partial charge in [-0.05, 0) is 85.5 Å². The third-order valence-electron chi connectivity index (χ3n) is 8.06. The van der Waals surface area contributed by atoms with Gasteiger partial charge in [0.25, 0.3) is 0 Å². The van der Waals surface area contributed by atoms with Gasteiger partial charge < -0.3 is 0 Å². The summed E-state index contributed by atoms with van der Waals surface area (Å²) in [4.78, 5) is 11.7.